The largest absolute Gasteiger partial charge is 0.508 e. The standard InChI is InChI=1S/C67H90N18O18S4/c1-7-32(4)53-65(100)75-43(16-17-51(88)89)57(92)78-46(20-37-23-69-29-72-37)59(94)79-47(21-38-24-70-30-73-38)60(95)80-48-26-105-106-27-49(63(98)84-53)81-58(93)44(18-35-12-14-39(87)15-13-35)76-55(90)33(5)74-64(99)52(31(2)3)83-56(91)41(68)25-104-107-28-50(67(102)103)82-66(101)54(34(6)86)85-61(96)45(77-62(48)97)19-36-22-71-42-11-9-8-10-40(36)42/h8-15,22-24,29-34,41,43-50,52-54,71,86-87H,7,16-21,25-28,68H2,1-6H3,(H,69,72)(H,70,73)(H,74,99)(H,75,100)(H,76,90)(H,77,97)(H,78,92)(H,79,94)(H,80,95)(H,81,93)(H,82,101)(H,83,91)(H,84,98)(H,85,96)(H,88,89)(H,102,103)/t32-,33-,34+,41-,43-,44-,45-,46-,47-,48-,49-,50-,52-,53-,54-/m0/s1. The number of hydrogen-bond donors (Lipinski definition) is 20. The SMILES string of the molecule is CC[C@H](C)[C@@H]1NC(=O)[C@@H]2CSSC[C@H](NC(=O)[C@H](Cc3cnc[nH]3)NC(=O)[C@H](Cc3cnc[nH]3)NC(=O)[C@H](CCC(=O)O)NC1=O)C(=O)N[C@@H](Cc1c[nH]c3ccccc13)C(=O)N[C@@H]([C@@H](C)O)C(=O)N[C@H](C(=O)O)CSSC[C@H](N)C(=O)N[C@@H](C(C)C)C(=O)N[C@@H](C)C(=O)N[C@@H](Cc1ccc(O)cc1)C(=O)N2. The van der Waals surface area contributed by atoms with Gasteiger partial charge in [0, 0.05) is 96.0 Å². The van der Waals surface area contributed by atoms with Crippen molar-refractivity contribution in [3.05, 3.63) is 102 Å². The third kappa shape index (κ3) is 25.4. The van der Waals surface area contributed by atoms with E-state index in [-0.39, 0.29) is 60.7 Å². The number of aliphatic hydroxyl groups excluding tert-OH is 1. The number of carbonyl (C=O) groups excluding carboxylic acids is 12. The van der Waals surface area contributed by atoms with E-state index < -0.39 is 204 Å². The number of H-pyrrole nitrogens is 3. The normalized spacial score (nSPS) is 26.2. The second-order valence-corrected chi connectivity index (χ2v) is 31.2. The second kappa shape index (κ2) is 40.7. The van der Waals surface area contributed by atoms with E-state index in [1.807, 2.05) is 0 Å². The maximum atomic E-state index is 15.4. The molecule has 2 aliphatic heterocycles. The van der Waals surface area contributed by atoms with Crippen LogP contribution in [0.5, 0.6) is 5.75 Å². The van der Waals surface area contributed by atoms with Gasteiger partial charge >= 0.3 is 11.9 Å². The number of para-hydroxylation sites is 1. The molecule has 5 aromatic rings. The number of aromatic nitrogens is 5. The van der Waals surface area contributed by atoms with E-state index in [1.165, 1.54) is 56.2 Å². The van der Waals surface area contributed by atoms with Gasteiger partial charge in [-0.2, -0.15) is 0 Å². The van der Waals surface area contributed by atoms with Crippen LogP contribution < -0.4 is 69.5 Å². The molecule has 5 heterocycles. The van der Waals surface area contributed by atoms with Crippen LogP contribution in [0.25, 0.3) is 10.9 Å². The van der Waals surface area contributed by atoms with Crippen LogP contribution in [0.15, 0.2) is 79.8 Å². The van der Waals surface area contributed by atoms with Crippen molar-refractivity contribution in [2.45, 2.75) is 171 Å². The van der Waals surface area contributed by atoms with Gasteiger partial charge in [-0.3, -0.25) is 62.3 Å². The molecular formula is C67H90N18O18S4. The van der Waals surface area contributed by atoms with E-state index in [9.17, 15) is 68.4 Å². The van der Waals surface area contributed by atoms with Crippen molar-refractivity contribution >= 4 is 137 Å². The third-order valence-electron chi connectivity index (χ3n) is 17.4. The summed E-state index contributed by atoms with van der Waals surface area (Å²) in [4.78, 5) is 218. The highest BCUT2D eigenvalue weighted by atomic mass is 33.1. The summed E-state index contributed by atoms with van der Waals surface area (Å²) in [7, 11) is 3.49. The number of carboxylic acids is 2. The summed E-state index contributed by atoms with van der Waals surface area (Å²) in [5.41, 5.74) is 8.21. The molecular weight excluding hydrogens is 1470 g/mol. The molecule has 40 heteroatoms. The van der Waals surface area contributed by atoms with Crippen LogP contribution in [0.4, 0.5) is 0 Å². The van der Waals surface area contributed by atoms with E-state index in [0.29, 0.717) is 22.0 Å². The summed E-state index contributed by atoms with van der Waals surface area (Å²) in [6.45, 7) is 8.89. The number of fused-ring (bicyclic) bond motifs is 6. The minimum Gasteiger partial charge on any atom is -0.508 e. The number of carbonyl (C=O) groups is 14. The molecule has 2 bridgehead atoms. The Morgan fingerprint density at radius 3 is 1.55 bits per heavy atom. The molecule has 21 N–H and O–H groups in total. The zero-order chi connectivity index (χ0) is 78.2. The van der Waals surface area contributed by atoms with Gasteiger partial charge in [-0.25, -0.2) is 14.8 Å². The number of hydrogen-bond acceptors (Lipinski definition) is 23. The van der Waals surface area contributed by atoms with Gasteiger partial charge in [0.2, 0.25) is 70.9 Å². The number of nitrogens with one attached hydrogen (secondary N) is 15. The van der Waals surface area contributed by atoms with Gasteiger partial charge < -0.3 is 105 Å². The molecule has 0 unspecified atom stereocenters. The number of phenolic OH excluding ortho intramolecular Hbond substituents is 1. The van der Waals surface area contributed by atoms with E-state index in [1.54, 1.807) is 58.2 Å². The number of rotatable bonds is 16. The predicted octanol–water partition coefficient (Wildman–Crippen LogP) is -2.42. The maximum absolute atomic E-state index is 15.4. The zero-order valence-corrected chi connectivity index (χ0v) is 62.4. The molecule has 2 saturated heterocycles. The highest BCUT2D eigenvalue weighted by molar-refractivity contribution is 8.77. The first kappa shape index (κ1) is 84.4. The minimum absolute atomic E-state index is 0.153. The van der Waals surface area contributed by atoms with Gasteiger partial charge in [0.25, 0.3) is 0 Å². The topological polar surface area (TPSA) is 563 Å². The molecule has 580 valence electrons. The van der Waals surface area contributed by atoms with Crippen LogP contribution in [-0.2, 0) is 92.8 Å². The number of phenols is 1. The highest BCUT2D eigenvalue weighted by Gasteiger charge is 2.40. The highest BCUT2D eigenvalue weighted by Crippen LogP contribution is 2.27. The molecule has 0 aliphatic carbocycles. The molecule has 0 radical (unpaired) electrons. The summed E-state index contributed by atoms with van der Waals surface area (Å²) in [5, 5.41) is 73.2. The van der Waals surface area contributed by atoms with Crippen molar-refractivity contribution in [2.75, 3.05) is 23.0 Å². The van der Waals surface area contributed by atoms with Crippen LogP contribution in [0.3, 0.4) is 0 Å². The number of aliphatic hydroxyl groups is 1. The number of benzene rings is 2. The average Bonchev–Trinajstić information content (AvgIpc) is 1.79. The predicted molar refractivity (Wildman–Crippen MR) is 396 cm³/mol. The van der Waals surface area contributed by atoms with Gasteiger partial charge in [0.05, 0.1) is 24.8 Å². The number of carboxylic acid groups (broad SMARTS) is 2. The average molecular weight is 1560 g/mol. The van der Waals surface area contributed by atoms with Crippen molar-refractivity contribution in [1.29, 1.82) is 0 Å². The Balaban J connectivity index is 1.37. The first-order valence-corrected chi connectivity index (χ1v) is 39.2. The van der Waals surface area contributed by atoms with Crippen LogP contribution >= 0.6 is 43.2 Å². The van der Waals surface area contributed by atoms with Crippen LogP contribution in [-0.4, -0.2) is 236 Å². The van der Waals surface area contributed by atoms with Gasteiger partial charge in [0.15, 0.2) is 0 Å². The van der Waals surface area contributed by atoms with Crippen LogP contribution in [0.2, 0.25) is 0 Å². The molecule has 0 saturated carbocycles. The lowest BCUT2D eigenvalue weighted by Crippen LogP contribution is -2.62. The summed E-state index contributed by atoms with van der Waals surface area (Å²) in [5.74, 6) is -18.2. The molecule has 2 fully saturated rings. The fraction of sp³-hybridized carbons (Fsp3) is 0.493. The van der Waals surface area contributed by atoms with E-state index in [2.05, 4.69) is 88.7 Å². The molecule has 2 aromatic carbocycles. The molecule has 0 spiro atoms. The van der Waals surface area contributed by atoms with Gasteiger partial charge in [-0.05, 0) is 61.4 Å². The Kier molecular flexibility index (Phi) is 32.1. The minimum atomic E-state index is -1.90. The number of aliphatic carboxylic acids is 2. The summed E-state index contributed by atoms with van der Waals surface area (Å²) in [6, 6.07) is -8.65. The fourth-order valence-electron chi connectivity index (χ4n) is 11.0. The summed E-state index contributed by atoms with van der Waals surface area (Å²) >= 11 is 0. The number of aromatic amines is 3. The molecule has 36 nitrogen and oxygen atoms in total. The Morgan fingerprint density at radius 2 is 0.991 bits per heavy atom. The second-order valence-electron chi connectivity index (χ2n) is 26.1. The van der Waals surface area contributed by atoms with Gasteiger partial charge in [-0.15, -0.1) is 0 Å². The van der Waals surface area contributed by atoms with E-state index in [4.69, 9.17) is 5.73 Å². The van der Waals surface area contributed by atoms with E-state index in [0.717, 1.165) is 50.1 Å². The van der Waals surface area contributed by atoms with Crippen molar-refractivity contribution in [1.82, 2.24) is 88.7 Å². The number of amides is 12. The lowest BCUT2D eigenvalue weighted by atomic mass is 9.97. The molecule has 3 aromatic heterocycles. The zero-order valence-electron chi connectivity index (χ0n) is 59.1. The molecule has 15 atom stereocenters. The summed E-state index contributed by atoms with van der Waals surface area (Å²) < 4.78 is 0. The Bertz CT molecular complexity index is 3950. The van der Waals surface area contributed by atoms with Gasteiger partial charge in [0.1, 0.15) is 78.3 Å². The smallest absolute Gasteiger partial charge is 0.327 e. The Labute approximate surface area is 629 Å². The monoisotopic (exact) mass is 1560 g/mol. The van der Waals surface area contributed by atoms with Crippen molar-refractivity contribution in [2.24, 2.45) is 17.6 Å². The number of nitrogens with two attached hydrogens (primary N) is 1. The third-order valence-corrected chi connectivity index (χ3v) is 22.3. The molecule has 12 amide bonds. The fourth-order valence-corrected chi connectivity index (χ4v) is 15.6. The molecule has 107 heavy (non-hydrogen) atoms. The number of nitrogens with zero attached hydrogens (tertiary/aromatic N) is 2. The van der Waals surface area contributed by atoms with E-state index >= 15 is 19.2 Å². The van der Waals surface area contributed by atoms with Crippen molar-refractivity contribution < 1.29 is 87.5 Å². The Hall–Kier alpha value is -9.90. The molecule has 2 aliphatic rings. The van der Waals surface area contributed by atoms with Crippen LogP contribution in [0, 0.1) is 11.8 Å². The van der Waals surface area contributed by atoms with Crippen molar-refractivity contribution in [3.63, 3.8) is 0 Å². The lowest BCUT2D eigenvalue weighted by molar-refractivity contribution is -0.142. The molecule has 7 rings (SSSR count). The van der Waals surface area contributed by atoms with Crippen molar-refractivity contribution in [3.8, 4) is 5.75 Å². The maximum Gasteiger partial charge on any atom is 0.327 e. The lowest BCUT2D eigenvalue weighted by Gasteiger charge is -2.30. The Morgan fingerprint density at radius 1 is 0.514 bits per heavy atom. The summed E-state index contributed by atoms with van der Waals surface area (Å²) in [6.07, 6.45) is 2.58. The van der Waals surface area contributed by atoms with Gasteiger partial charge in [-0.1, -0.05) is 108 Å². The number of imidazole rings is 2. The number of aromatic hydroxyl groups is 1. The van der Waals surface area contributed by atoms with Crippen LogP contribution in [0.1, 0.15) is 83.3 Å². The first-order chi connectivity index (χ1) is 50.9. The quantitative estimate of drug-likeness (QED) is 0.0457. The first-order valence-electron chi connectivity index (χ1n) is 34.2.